The first-order valence-electron chi connectivity index (χ1n) is 5.91. The summed E-state index contributed by atoms with van der Waals surface area (Å²) < 4.78 is 24.1. The third-order valence-corrected chi connectivity index (χ3v) is 4.52. The van der Waals surface area contributed by atoms with Gasteiger partial charge in [0.15, 0.2) is 0 Å². The molecule has 9 heteroatoms. The van der Waals surface area contributed by atoms with Crippen LogP contribution in [0.4, 0.5) is 0 Å². The van der Waals surface area contributed by atoms with Crippen LogP contribution in [0.1, 0.15) is 12.8 Å². The maximum Gasteiger partial charge on any atom is 0.239 e. The molecule has 0 aromatic carbocycles. The van der Waals surface area contributed by atoms with Crippen LogP contribution in [0.2, 0.25) is 0 Å². The molecule has 1 aliphatic heterocycles. The summed E-state index contributed by atoms with van der Waals surface area (Å²) in [5, 5.41) is 29.7. The fourth-order valence-corrected chi connectivity index (χ4v) is 3.14. The van der Waals surface area contributed by atoms with Gasteiger partial charge < -0.3 is 20.6 Å². The van der Waals surface area contributed by atoms with Gasteiger partial charge in [0, 0.05) is 6.54 Å². The molecule has 0 spiro atoms. The Morgan fingerprint density at radius 1 is 1.32 bits per heavy atom. The molecule has 1 amide bonds. The van der Waals surface area contributed by atoms with Crippen molar-refractivity contribution in [2.24, 2.45) is 0 Å². The number of aliphatic hydroxyl groups is 3. The van der Waals surface area contributed by atoms with E-state index in [2.05, 4.69) is 5.32 Å². The van der Waals surface area contributed by atoms with Crippen LogP contribution < -0.4 is 5.32 Å². The molecule has 8 nitrogen and oxygen atoms in total. The van der Waals surface area contributed by atoms with Crippen LogP contribution in [0, 0.1) is 0 Å². The first-order chi connectivity index (χ1) is 8.79. The van der Waals surface area contributed by atoms with E-state index in [1.54, 1.807) is 0 Å². The van der Waals surface area contributed by atoms with Crippen LogP contribution in [0.15, 0.2) is 0 Å². The van der Waals surface area contributed by atoms with Gasteiger partial charge >= 0.3 is 0 Å². The van der Waals surface area contributed by atoms with Crippen LogP contribution >= 0.6 is 0 Å². The summed E-state index contributed by atoms with van der Waals surface area (Å²) in [6, 6.07) is -0.862. The highest BCUT2D eigenvalue weighted by molar-refractivity contribution is 7.88. The molecule has 0 aromatic rings. The Morgan fingerprint density at radius 3 is 2.26 bits per heavy atom. The highest BCUT2D eigenvalue weighted by atomic mass is 32.2. The van der Waals surface area contributed by atoms with E-state index in [4.69, 9.17) is 15.3 Å². The monoisotopic (exact) mass is 296 g/mol. The minimum atomic E-state index is -3.49. The molecule has 19 heavy (non-hydrogen) atoms. The van der Waals surface area contributed by atoms with Crippen LogP contribution in [0.5, 0.6) is 0 Å². The minimum Gasteiger partial charge on any atom is -0.394 e. The van der Waals surface area contributed by atoms with Crippen molar-refractivity contribution in [1.82, 2.24) is 9.62 Å². The quantitative estimate of drug-likeness (QED) is 0.420. The lowest BCUT2D eigenvalue weighted by Crippen LogP contribution is -2.60. The molecule has 1 fully saturated rings. The van der Waals surface area contributed by atoms with Gasteiger partial charge in [0.1, 0.15) is 11.6 Å². The topological polar surface area (TPSA) is 127 Å². The molecule has 4 N–H and O–H groups in total. The molecule has 1 saturated heterocycles. The van der Waals surface area contributed by atoms with Gasteiger partial charge in [-0.3, -0.25) is 4.79 Å². The molecule has 112 valence electrons. The van der Waals surface area contributed by atoms with E-state index in [-0.39, 0.29) is 6.54 Å². The summed E-state index contributed by atoms with van der Waals surface area (Å²) in [5.74, 6) is -0.625. The van der Waals surface area contributed by atoms with Crippen LogP contribution in [-0.2, 0) is 14.8 Å². The van der Waals surface area contributed by atoms with Gasteiger partial charge in [-0.25, -0.2) is 8.42 Å². The summed E-state index contributed by atoms with van der Waals surface area (Å²) >= 11 is 0. The Bertz CT molecular complexity index is 411. The number of carbonyl (C=O) groups is 1. The van der Waals surface area contributed by atoms with Crippen molar-refractivity contribution in [3.8, 4) is 0 Å². The molecule has 1 unspecified atom stereocenters. The van der Waals surface area contributed by atoms with Gasteiger partial charge in [0.2, 0.25) is 15.9 Å². The SMILES string of the molecule is CS(=O)(=O)N1CCCC1C(=O)NC(CO)(CO)CO. The van der Waals surface area contributed by atoms with Crippen LogP contribution in [-0.4, -0.2) is 78.2 Å². The van der Waals surface area contributed by atoms with Crippen molar-refractivity contribution < 1.29 is 28.5 Å². The number of aliphatic hydroxyl groups excluding tert-OH is 3. The Hall–Kier alpha value is -0.740. The number of hydrogen-bond acceptors (Lipinski definition) is 6. The number of nitrogens with zero attached hydrogens (tertiary/aromatic N) is 1. The molecular formula is C10H20N2O6S. The largest absolute Gasteiger partial charge is 0.394 e. The van der Waals surface area contributed by atoms with Crippen molar-refractivity contribution >= 4 is 15.9 Å². The van der Waals surface area contributed by atoms with E-state index in [0.717, 1.165) is 10.6 Å². The third kappa shape index (κ3) is 3.63. The molecule has 0 aromatic heterocycles. The van der Waals surface area contributed by atoms with Gasteiger partial charge in [-0.15, -0.1) is 0 Å². The number of hydrogen-bond donors (Lipinski definition) is 4. The van der Waals surface area contributed by atoms with Crippen molar-refractivity contribution in [2.75, 3.05) is 32.6 Å². The molecule has 1 heterocycles. The second-order valence-corrected chi connectivity index (χ2v) is 6.71. The van der Waals surface area contributed by atoms with Crippen LogP contribution in [0.3, 0.4) is 0 Å². The zero-order valence-electron chi connectivity index (χ0n) is 10.7. The maximum absolute atomic E-state index is 12.0. The summed E-state index contributed by atoms with van der Waals surface area (Å²) in [6.07, 6.45) is 1.96. The Morgan fingerprint density at radius 2 is 1.84 bits per heavy atom. The number of sulfonamides is 1. The van der Waals surface area contributed by atoms with Crippen molar-refractivity contribution in [3.63, 3.8) is 0 Å². The van der Waals surface area contributed by atoms with Crippen molar-refractivity contribution in [3.05, 3.63) is 0 Å². The Labute approximate surface area is 112 Å². The van der Waals surface area contributed by atoms with E-state index in [1.807, 2.05) is 0 Å². The van der Waals surface area contributed by atoms with E-state index in [9.17, 15) is 13.2 Å². The lowest BCUT2D eigenvalue weighted by Gasteiger charge is -2.31. The van der Waals surface area contributed by atoms with Crippen molar-refractivity contribution in [2.45, 2.75) is 24.4 Å². The van der Waals surface area contributed by atoms with Crippen LogP contribution in [0.25, 0.3) is 0 Å². The zero-order valence-corrected chi connectivity index (χ0v) is 11.6. The number of carbonyl (C=O) groups excluding carboxylic acids is 1. The zero-order chi connectivity index (χ0) is 14.7. The normalized spacial score (nSPS) is 21.6. The second kappa shape index (κ2) is 6.14. The molecule has 0 aliphatic carbocycles. The minimum absolute atomic E-state index is 0.265. The van der Waals surface area contributed by atoms with E-state index >= 15 is 0 Å². The summed E-state index contributed by atoms with van der Waals surface area (Å²) in [6.45, 7) is -1.66. The molecule has 0 radical (unpaired) electrons. The molecule has 0 bridgehead atoms. The lowest BCUT2D eigenvalue weighted by atomic mass is 10.0. The predicted octanol–water partition coefficient (Wildman–Crippen LogP) is -2.76. The second-order valence-electron chi connectivity index (χ2n) is 4.78. The number of amides is 1. The third-order valence-electron chi connectivity index (χ3n) is 3.23. The van der Waals surface area contributed by atoms with E-state index < -0.39 is 47.3 Å². The van der Waals surface area contributed by atoms with E-state index in [1.165, 1.54) is 0 Å². The van der Waals surface area contributed by atoms with Gasteiger partial charge in [-0.2, -0.15) is 4.31 Å². The predicted molar refractivity (Wildman–Crippen MR) is 66.7 cm³/mol. The standard InChI is InChI=1S/C10H20N2O6S/c1-19(17,18)12-4-2-3-8(12)9(16)11-10(5-13,6-14)7-15/h8,13-15H,2-7H2,1H3,(H,11,16). The summed E-state index contributed by atoms with van der Waals surface area (Å²) in [5.41, 5.74) is -1.54. The summed E-state index contributed by atoms with van der Waals surface area (Å²) in [4.78, 5) is 12.0. The highest BCUT2D eigenvalue weighted by Gasteiger charge is 2.40. The van der Waals surface area contributed by atoms with Gasteiger partial charge in [0.25, 0.3) is 0 Å². The summed E-state index contributed by atoms with van der Waals surface area (Å²) in [7, 11) is -3.49. The number of rotatable bonds is 6. The highest BCUT2D eigenvalue weighted by Crippen LogP contribution is 2.21. The average Bonchev–Trinajstić information content (AvgIpc) is 2.85. The molecular weight excluding hydrogens is 276 g/mol. The molecule has 1 atom stereocenters. The van der Waals surface area contributed by atoms with Crippen molar-refractivity contribution in [1.29, 1.82) is 0 Å². The first kappa shape index (κ1) is 16.3. The fourth-order valence-electron chi connectivity index (χ4n) is 2.01. The van der Waals surface area contributed by atoms with Gasteiger partial charge in [-0.1, -0.05) is 0 Å². The maximum atomic E-state index is 12.0. The van der Waals surface area contributed by atoms with Gasteiger partial charge in [0.05, 0.1) is 26.1 Å². The molecule has 1 aliphatic rings. The average molecular weight is 296 g/mol. The Balaban J connectivity index is 2.83. The Kier molecular flexibility index (Phi) is 5.27. The smallest absolute Gasteiger partial charge is 0.239 e. The van der Waals surface area contributed by atoms with Gasteiger partial charge in [-0.05, 0) is 12.8 Å². The lowest BCUT2D eigenvalue weighted by molar-refractivity contribution is -0.128. The first-order valence-corrected chi connectivity index (χ1v) is 7.76. The number of nitrogens with one attached hydrogen (secondary N) is 1. The molecule has 1 rings (SSSR count). The fraction of sp³-hybridized carbons (Fsp3) is 0.900. The van der Waals surface area contributed by atoms with E-state index in [0.29, 0.717) is 12.8 Å². The molecule has 0 saturated carbocycles.